The van der Waals surface area contributed by atoms with E-state index >= 15 is 0 Å². The molecule has 2 N–H and O–H groups in total. The first kappa shape index (κ1) is 15.0. The molecular weight excluding hydrogens is 250 g/mol. The Morgan fingerprint density at radius 2 is 2.11 bits per heavy atom. The number of nitrogens with zero attached hydrogens (tertiary/aromatic N) is 3. The molecule has 1 rings (SSSR count). The van der Waals surface area contributed by atoms with E-state index in [0.29, 0.717) is 22.8 Å². The van der Waals surface area contributed by atoms with Gasteiger partial charge >= 0.3 is 0 Å². The minimum absolute atomic E-state index is 0.406. The fourth-order valence-electron chi connectivity index (χ4n) is 1.24. The van der Waals surface area contributed by atoms with Crippen LogP contribution < -0.4 is 10.6 Å². The monoisotopic (exact) mass is 271 g/mol. The Morgan fingerprint density at radius 3 is 2.72 bits per heavy atom. The molecule has 0 saturated heterocycles. The summed E-state index contributed by atoms with van der Waals surface area (Å²) < 4.78 is 0. The molecule has 0 aliphatic carbocycles. The number of hydrogen-bond acceptors (Lipinski definition) is 5. The van der Waals surface area contributed by atoms with Gasteiger partial charge in [0.25, 0.3) is 0 Å². The van der Waals surface area contributed by atoms with Crippen molar-refractivity contribution < 1.29 is 0 Å². The Bertz CT molecular complexity index is 369. The fraction of sp³-hybridized carbons (Fsp3) is 0.667. The molecule has 0 bridgehead atoms. The van der Waals surface area contributed by atoms with Gasteiger partial charge in [0, 0.05) is 19.1 Å². The number of aromatic nitrogens is 2. The van der Waals surface area contributed by atoms with Crippen LogP contribution in [0, 0.1) is 0 Å². The molecule has 18 heavy (non-hydrogen) atoms. The van der Waals surface area contributed by atoms with Crippen molar-refractivity contribution in [3.8, 4) is 0 Å². The maximum atomic E-state index is 6.06. The van der Waals surface area contributed by atoms with Gasteiger partial charge in [-0.25, -0.2) is 4.98 Å². The van der Waals surface area contributed by atoms with Crippen molar-refractivity contribution in [1.82, 2.24) is 14.9 Å². The van der Waals surface area contributed by atoms with Crippen molar-refractivity contribution in [1.29, 1.82) is 0 Å². The van der Waals surface area contributed by atoms with Gasteiger partial charge in [0.1, 0.15) is 5.02 Å². The van der Waals surface area contributed by atoms with Crippen LogP contribution in [-0.4, -0.2) is 48.1 Å². The maximum Gasteiger partial charge on any atom is 0.224 e. The molecule has 1 aromatic heterocycles. The Labute approximate surface area is 114 Å². The standard InChI is InChI=1S/C12H22ClN5/c1-5-6-14-12-16-8-10(13)11(17-12)15-7-9(2)18(3)4/h8-9H,5-7H2,1-4H3,(H2,14,15,16,17). The van der Waals surface area contributed by atoms with Crippen LogP contribution in [0.25, 0.3) is 0 Å². The van der Waals surface area contributed by atoms with E-state index < -0.39 is 0 Å². The van der Waals surface area contributed by atoms with E-state index in [0.717, 1.165) is 19.5 Å². The summed E-state index contributed by atoms with van der Waals surface area (Å²) in [7, 11) is 4.09. The lowest BCUT2D eigenvalue weighted by molar-refractivity contribution is 0.326. The van der Waals surface area contributed by atoms with E-state index in [-0.39, 0.29) is 0 Å². The zero-order valence-electron chi connectivity index (χ0n) is 11.5. The second kappa shape index (κ2) is 7.38. The van der Waals surface area contributed by atoms with Gasteiger partial charge in [0.05, 0.1) is 6.20 Å². The minimum Gasteiger partial charge on any atom is -0.367 e. The molecule has 0 fully saturated rings. The van der Waals surface area contributed by atoms with Crippen molar-refractivity contribution in [2.24, 2.45) is 0 Å². The van der Waals surface area contributed by atoms with E-state index in [2.05, 4.69) is 39.3 Å². The first-order chi connectivity index (χ1) is 8.54. The molecule has 1 aromatic rings. The molecule has 0 saturated carbocycles. The zero-order chi connectivity index (χ0) is 13.5. The molecule has 0 amide bonds. The number of rotatable bonds is 7. The third-order valence-electron chi connectivity index (χ3n) is 2.72. The van der Waals surface area contributed by atoms with E-state index in [4.69, 9.17) is 11.6 Å². The van der Waals surface area contributed by atoms with Crippen LogP contribution in [0.4, 0.5) is 11.8 Å². The molecule has 102 valence electrons. The van der Waals surface area contributed by atoms with Crippen LogP contribution >= 0.6 is 11.6 Å². The molecule has 6 heteroatoms. The zero-order valence-corrected chi connectivity index (χ0v) is 12.3. The molecule has 0 aliphatic heterocycles. The van der Waals surface area contributed by atoms with Crippen LogP contribution in [0.2, 0.25) is 5.02 Å². The highest BCUT2D eigenvalue weighted by Gasteiger charge is 2.08. The SMILES string of the molecule is CCCNc1ncc(Cl)c(NCC(C)N(C)C)n1. The fourth-order valence-corrected chi connectivity index (χ4v) is 1.40. The summed E-state index contributed by atoms with van der Waals surface area (Å²) in [6.45, 7) is 5.88. The average Bonchev–Trinajstić information content (AvgIpc) is 2.35. The molecule has 1 heterocycles. The van der Waals surface area contributed by atoms with Gasteiger partial charge in [-0.1, -0.05) is 18.5 Å². The lowest BCUT2D eigenvalue weighted by Crippen LogP contribution is -2.31. The summed E-state index contributed by atoms with van der Waals surface area (Å²) in [6.07, 6.45) is 2.65. The summed E-state index contributed by atoms with van der Waals surface area (Å²) in [4.78, 5) is 10.6. The van der Waals surface area contributed by atoms with Gasteiger partial charge in [-0.05, 0) is 27.4 Å². The van der Waals surface area contributed by atoms with Gasteiger partial charge in [-0.2, -0.15) is 4.98 Å². The summed E-state index contributed by atoms with van der Waals surface area (Å²) in [5, 5.41) is 6.93. The molecular formula is C12H22ClN5. The molecule has 1 atom stereocenters. The quantitative estimate of drug-likeness (QED) is 0.797. The third kappa shape index (κ3) is 4.66. The minimum atomic E-state index is 0.406. The largest absolute Gasteiger partial charge is 0.367 e. The van der Waals surface area contributed by atoms with Crippen LogP contribution in [-0.2, 0) is 0 Å². The molecule has 1 unspecified atom stereocenters. The lowest BCUT2D eigenvalue weighted by atomic mass is 10.3. The van der Waals surface area contributed by atoms with Crippen molar-refractivity contribution >= 4 is 23.4 Å². The molecule has 0 aromatic carbocycles. The first-order valence-corrected chi connectivity index (χ1v) is 6.59. The van der Waals surface area contributed by atoms with Gasteiger partial charge in [0.15, 0.2) is 5.82 Å². The third-order valence-corrected chi connectivity index (χ3v) is 3.00. The summed E-state index contributed by atoms with van der Waals surface area (Å²) in [6, 6.07) is 0.406. The summed E-state index contributed by atoms with van der Waals surface area (Å²) in [5.74, 6) is 1.29. The van der Waals surface area contributed by atoms with Crippen LogP contribution in [0.3, 0.4) is 0 Å². The number of anilines is 2. The summed E-state index contributed by atoms with van der Waals surface area (Å²) >= 11 is 6.06. The number of hydrogen-bond donors (Lipinski definition) is 2. The van der Waals surface area contributed by atoms with E-state index in [9.17, 15) is 0 Å². The predicted molar refractivity (Wildman–Crippen MR) is 77.5 cm³/mol. The van der Waals surface area contributed by atoms with Crippen molar-refractivity contribution in [2.45, 2.75) is 26.3 Å². The van der Waals surface area contributed by atoms with E-state index in [1.807, 2.05) is 14.1 Å². The van der Waals surface area contributed by atoms with Gasteiger partial charge in [-0.15, -0.1) is 0 Å². The predicted octanol–water partition coefficient (Wildman–Crippen LogP) is 2.31. The topological polar surface area (TPSA) is 53.1 Å². The van der Waals surface area contributed by atoms with E-state index in [1.54, 1.807) is 6.20 Å². The number of halogens is 1. The Balaban J connectivity index is 2.63. The Morgan fingerprint density at radius 1 is 1.39 bits per heavy atom. The Hall–Kier alpha value is -1.07. The lowest BCUT2D eigenvalue weighted by Gasteiger charge is -2.20. The Kier molecular flexibility index (Phi) is 6.15. The summed E-state index contributed by atoms with van der Waals surface area (Å²) in [5.41, 5.74) is 0. The highest BCUT2D eigenvalue weighted by Crippen LogP contribution is 2.19. The molecule has 0 aliphatic rings. The number of nitrogens with one attached hydrogen (secondary N) is 2. The van der Waals surface area contributed by atoms with Crippen molar-refractivity contribution in [3.63, 3.8) is 0 Å². The molecule has 0 radical (unpaired) electrons. The molecule has 5 nitrogen and oxygen atoms in total. The maximum absolute atomic E-state index is 6.06. The van der Waals surface area contributed by atoms with Crippen LogP contribution in [0.15, 0.2) is 6.20 Å². The van der Waals surface area contributed by atoms with E-state index in [1.165, 1.54) is 0 Å². The second-order valence-corrected chi connectivity index (χ2v) is 4.92. The van der Waals surface area contributed by atoms with Gasteiger partial charge in [-0.3, -0.25) is 0 Å². The normalized spacial score (nSPS) is 12.6. The highest BCUT2D eigenvalue weighted by molar-refractivity contribution is 6.32. The van der Waals surface area contributed by atoms with Crippen molar-refractivity contribution in [3.05, 3.63) is 11.2 Å². The van der Waals surface area contributed by atoms with Crippen LogP contribution in [0.1, 0.15) is 20.3 Å². The highest BCUT2D eigenvalue weighted by atomic mass is 35.5. The average molecular weight is 272 g/mol. The van der Waals surface area contributed by atoms with Crippen molar-refractivity contribution in [2.75, 3.05) is 37.8 Å². The van der Waals surface area contributed by atoms with Gasteiger partial charge < -0.3 is 15.5 Å². The number of likely N-dealkylation sites (N-methyl/N-ethyl adjacent to an activating group) is 1. The van der Waals surface area contributed by atoms with Gasteiger partial charge in [0.2, 0.25) is 5.95 Å². The first-order valence-electron chi connectivity index (χ1n) is 6.21. The van der Waals surface area contributed by atoms with Crippen LogP contribution in [0.5, 0.6) is 0 Å². The smallest absolute Gasteiger partial charge is 0.224 e. The second-order valence-electron chi connectivity index (χ2n) is 4.51. The molecule has 0 spiro atoms.